The third-order valence-corrected chi connectivity index (χ3v) is 11.2. The van der Waals surface area contributed by atoms with Gasteiger partial charge in [-0.3, -0.25) is 4.79 Å². The van der Waals surface area contributed by atoms with E-state index >= 15 is 0 Å². The summed E-state index contributed by atoms with van der Waals surface area (Å²) >= 11 is 0. The summed E-state index contributed by atoms with van der Waals surface area (Å²) in [5, 5.41) is 53.8. The van der Waals surface area contributed by atoms with E-state index < -0.39 is 34.7 Å². The standard InChI is InChI=1S/C29H46O6/c1-6-18(16(2)15-30)11-23(31)17(3)19-8-10-29(35)21-12-24(32)22-13-25(33)26(34)14-27(22,4)20(21)7-9-28(19,29)5/h12,17-20,22-23,25-26,30-31,33-35H,2,6-11,13-15H2,1,3-5H3. The number of hydrogen-bond donors (Lipinski definition) is 5. The number of ketones is 1. The van der Waals surface area contributed by atoms with Crippen LogP contribution in [0.4, 0.5) is 0 Å². The Balaban J connectivity index is 1.61. The lowest BCUT2D eigenvalue weighted by molar-refractivity contribution is -0.154. The molecule has 0 aromatic carbocycles. The molecule has 0 radical (unpaired) electrons. The van der Waals surface area contributed by atoms with E-state index in [2.05, 4.69) is 27.4 Å². The molecule has 0 aromatic heterocycles. The van der Waals surface area contributed by atoms with Crippen LogP contribution in [-0.4, -0.2) is 61.8 Å². The molecule has 6 nitrogen and oxygen atoms in total. The van der Waals surface area contributed by atoms with E-state index in [-0.39, 0.29) is 48.4 Å². The smallest absolute Gasteiger partial charge is 0.159 e. The van der Waals surface area contributed by atoms with Crippen LogP contribution in [0.5, 0.6) is 0 Å². The maximum atomic E-state index is 13.3. The fourth-order valence-electron chi connectivity index (χ4n) is 8.78. The molecular weight excluding hydrogens is 444 g/mol. The van der Waals surface area contributed by atoms with Gasteiger partial charge in [-0.2, -0.15) is 0 Å². The SMILES string of the molecule is C=C(CO)C(CC)CC(O)C(C)C1CCC2(O)C3=CC(=O)C4CC(O)C(O)CC4(C)C3CCC12C. The maximum absolute atomic E-state index is 13.3. The maximum Gasteiger partial charge on any atom is 0.159 e. The molecule has 3 fully saturated rings. The third-order valence-electron chi connectivity index (χ3n) is 11.2. The molecule has 11 atom stereocenters. The second kappa shape index (κ2) is 9.36. The van der Waals surface area contributed by atoms with Gasteiger partial charge in [0.25, 0.3) is 0 Å². The molecule has 3 saturated carbocycles. The van der Waals surface area contributed by atoms with Crippen LogP contribution in [0.1, 0.15) is 79.1 Å². The molecule has 4 aliphatic rings. The van der Waals surface area contributed by atoms with Gasteiger partial charge >= 0.3 is 0 Å². The van der Waals surface area contributed by atoms with Crippen LogP contribution in [0.15, 0.2) is 23.8 Å². The monoisotopic (exact) mass is 490 g/mol. The van der Waals surface area contributed by atoms with E-state index in [1.54, 1.807) is 6.08 Å². The predicted molar refractivity (Wildman–Crippen MR) is 134 cm³/mol. The molecule has 0 aromatic rings. The molecule has 0 amide bonds. The number of carbonyl (C=O) groups excluding carboxylic acids is 1. The minimum absolute atomic E-state index is 0.00162. The zero-order chi connectivity index (χ0) is 25.9. The van der Waals surface area contributed by atoms with Gasteiger partial charge in [-0.15, -0.1) is 0 Å². The van der Waals surface area contributed by atoms with E-state index in [9.17, 15) is 30.3 Å². The number of aliphatic hydroxyl groups is 5. The van der Waals surface area contributed by atoms with Crippen LogP contribution in [0.2, 0.25) is 0 Å². The first-order valence-electron chi connectivity index (χ1n) is 13.6. The minimum Gasteiger partial charge on any atom is -0.393 e. The fourth-order valence-corrected chi connectivity index (χ4v) is 8.78. The molecule has 0 aliphatic heterocycles. The van der Waals surface area contributed by atoms with E-state index in [1.807, 2.05) is 6.92 Å². The summed E-state index contributed by atoms with van der Waals surface area (Å²) in [6.07, 6.45) is 4.35. The van der Waals surface area contributed by atoms with Crippen molar-refractivity contribution in [1.29, 1.82) is 0 Å². The highest BCUT2D eigenvalue weighted by molar-refractivity contribution is 5.95. The molecular formula is C29H46O6. The molecule has 0 spiro atoms. The number of allylic oxidation sites excluding steroid dienone is 1. The summed E-state index contributed by atoms with van der Waals surface area (Å²) in [7, 11) is 0. The van der Waals surface area contributed by atoms with Gasteiger partial charge < -0.3 is 25.5 Å². The van der Waals surface area contributed by atoms with Gasteiger partial charge in [0.15, 0.2) is 5.78 Å². The first kappa shape index (κ1) is 27.0. The Hall–Kier alpha value is -1.05. The minimum atomic E-state index is -1.11. The summed E-state index contributed by atoms with van der Waals surface area (Å²) in [5.74, 6) is -0.241. The van der Waals surface area contributed by atoms with Crippen LogP contribution in [0, 0.1) is 40.4 Å². The molecule has 0 heterocycles. The van der Waals surface area contributed by atoms with Gasteiger partial charge in [-0.05, 0) is 97.7 Å². The highest BCUT2D eigenvalue weighted by atomic mass is 16.3. The first-order valence-corrected chi connectivity index (χ1v) is 13.6. The quantitative estimate of drug-likeness (QED) is 0.350. The first-order chi connectivity index (χ1) is 16.3. The average molecular weight is 491 g/mol. The molecule has 4 aliphatic carbocycles. The molecule has 5 N–H and O–H groups in total. The summed E-state index contributed by atoms with van der Waals surface area (Å²) in [6, 6.07) is 0. The lowest BCUT2D eigenvalue weighted by atomic mass is 9.46. The molecule has 4 rings (SSSR count). The van der Waals surface area contributed by atoms with Crippen LogP contribution < -0.4 is 0 Å². The van der Waals surface area contributed by atoms with Gasteiger partial charge in [0.05, 0.1) is 30.5 Å². The van der Waals surface area contributed by atoms with Gasteiger partial charge in [0.2, 0.25) is 0 Å². The van der Waals surface area contributed by atoms with Crippen molar-refractivity contribution in [3.05, 3.63) is 23.8 Å². The number of carbonyl (C=O) groups is 1. The number of hydrogen-bond acceptors (Lipinski definition) is 6. The van der Waals surface area contributed by atoms with Gasteiger partial charge in [0, 0.05) is 11.3 Å². The largest absolute Gasteiger partial charge is 0.393 e. The van der Waals surface area contributed by atoms with E-state index in [4.69, 9.17) is 0 Å². The van der Waals surface area contributed by atoms with Crippen LogP contribution in [0.3, 0.4) is 0 Å². The number of fused-ring (bicyclic) bond motifs is 5. The number of aliphatic hydroxyl groups excluding tert-OH is 4. The Morgan fingerprint density at radius 1 is 1.17 bits per heavy atom. The molecule has 198 valence electrons. The van der Waals surface area contributed by atoms with Gasteiger partial charge in [-0.1, -0.05) is 34.3 Å². The van der Waals surface area contributed by atoms with E-state index in [0.29, 0.717) is 19.3 Å². The zero-order valence-corrected chi connectivity index (χ0v) is 21.9. The molecule has 6 heteroatoms. The Morgan fingerprint density at radius 3 is 2.49 bits per heavy atom. The van der Waals surface area contributed by atoms with Gasteiger partial charge in [-0.25, -0.2) is 0 Å². The zero-order valence-electron chi connectivity index (χ0n) is 21.9. The summed E-state index contributed by atoms with van der Waals surface area (Å²) in [4.78, 5) is 13.3. The highest BCUT2D eigenvalue weighted by Crippen LogP contribution is 2.68. The van der Waals surface area contributed by atoms with Gasteiger partial charge in [0.1, 0.15) is 0 Å². The van der Waals surface area contributed by atoms with Crippen molar-refractivity contribution in [2.24, 2.45) is 40.4 Å². The Morgan fingerprint density at radius 2 is 1.86 bits per heavy atom. The van der Waals surface area contributed by atoms with E-state index in [1.165, 1.54) is 0 Å². The second-order valence-electron chi connectivity index (χ2n) is 12.7. The molecule has 0 saturated heterocycles. The van der Waals surface area contributed by atoms with Crippen molar-refractivity contribution in [3.8, 4) is 0 Å². The lowest BCUT2D eigenvalue weighted by Crippen LogP contribution is -2.61. The fraction of sp³-hybridized carbons (Fsp3) is 0.828. The number of rotatable bonds is 7. The Labute approximate surface area is 210 Å². The second-order valence-corrected chi connectivity index (χ2v) is 12.7. The molecule has 35 heavy (non-hydrogen) atoms. The van der Waals surface area contributed by atoms with Crippen molar-refractivity contribution in [2.75, 3.05) is 6.61 Å². The van der Waals surface area contributed by atoms with E-state index in [0.717, 1.165) is 36.8 Å². The van der Waals surface area contributed by atoms with Crippen molar-refractivity contribution in [2.45, 2.75) is 103 Å². The predicted octanol–water partition coefficient (Wildman–Crippen LogP) is 3.15. The Kier molecular flexibility index (Phi) is 7.22. The normalized spacial score (nSPS) is 45.6. The van der Waals surface area contributed by atoms with Crippen molar-refractivity contribution in [3.63, 3.8) is 0 Å². The van der Waals surface area contributed by atoms with Crippen molar-refractivity contribution >= 4 is 5.78 Å². The van der Waals surface area contributed by atoms with Crippen LogP contribution in [0.25, 0.3) is 0 Å². The third kappa shape index (κ3) is 3.99. The lowest BCUT2D eigenvalue weighted by Gasteiger charge is -2.60. The van der Waals surface area contributed by atoms with Crippen LogP contribution >= 0.6 is 0 Å². The summed E-state index contributed by atoms with van der Waals surface area (Å²) < 4.78 is 0. The molecule has 0 bridgehead atoms. The summed E-state index contributed by atoms with van der Waals surface area (Å²) in [6.45, 7) is 12.2. The van der Waals surface area contributed by atoms with Crippen molar-refractivity contribution < 1.29 is 30.3 Å². The van der Waals surface area contributed by atoms with Crippen LogP contribution in [-0.2, 0) is 4.79 Å². The Bertz CT molecular complexity index is 882. The average Bonchev–Trinajstić information content (AvgIpc) is 3.09. The highest BCUT2D eigenvalue weighted by Gasteiger charge is 2.67. The topological polar surface area (TPSA) is 118 Å². The van der Waals surface area contributed by atoms with Crippen molar-refractivity contribution in [1.82, 2.24) is 0 Å². The summed E-state index contributed by atoms with van der Waals surface area (Å²) in [5.41, 5.74) is -0.469. The molecule has 11 unspecified atom stereocenters.